The van der Waals surface area contributed by atoms with Gasteiger partial charge in [-0.15, -0.1) is 0 Å². The number of nitrogens with zero attached hydrogens (tertiary/aromatic N) is 2. The van der Waals surface area contributed by atoms with Gasteiger partial charge in [-0.05, 0) is 38.0 Å². The van der Waals surface area contributed by atoms with Crippen LogP contribution in [0.25, 0.3) is 11.8 Å². The second-order valence-corrected chi connectivity index (χ2v) is 8.37. The second-order valence-electron chi connectivity index (χ2n) is 8.37. The fourth-order valence-electron chi connectivity index (χ4n) is 3.64. The standard InChI is InChI=1S/C26H28N2O9/c1-4-35-20(29)15-16-26(2)36-23(32)19(24(33)37-26)14-10-6-9-13-18-21(30)27(3)25(34)28(22(18)31)17-11-7-5-8-12-17/h6-7,9-14,30H,4-5,8,15-16H2,1-3H3. The van der Waals surface area contributed by atoms with Crippen molar-refractivity contribution in [2.75, 3.05) is 6.61 Å². The fraction of sp³-hybridized carbons (Fsp3) is 0.346. The number of hydrogen-bond donors (Lipinski definition) is 1. The first-order valence-corrected chi connectivity index (χ1v) is 11.7. The number of cyclic esters (lactones) is 2. The van der Waals surface area contributed by atoms with Crippen molar-refractivity contribution >= 4 is 29.7 Å². The average molecular weight is 513 g/mol. The zero-order valence-corrected chi connectivity index (χ0v) is 20.8. The lowest BCUT2D eigenvalue weighted by Crippen LogP contribution is -2.44. The van der Waals surface area contributed by atoms with E-state index in [2.05, 4.69) is 0 Å². The van der Waals surface area contributed by atoms with Crippen LogP contribution in [0.5, 0.6) is 5.88 Å². The summed E-state index contributed by atoms with van der Waals surface area (Å²) < 4.78 is 17.2. The van der Waals surface area contributed by atoms with Gasteiger partial charge in [0.2, 0.25) is 5.88 Å². The molecule has 0 aromatic carbocycles. The highest BCUT2D eigenvalue weighted by molar-refractivity contribution is 6.15. The van der Waals surface area contributed by atoms with E-state index in [1.54, 1.807) is 19.1 Å². The van der Waals surface area contributed by atoms with E-state index in [9.17, 15) is 29.1 Å². The Morgan fingerprint density at radius 3 is 2.46 bits per heavy atom. The molecule has 1 aliphatic heterocycles. The first-order chi connectivity index (χ1) is 17.6. The number of aromatic nitrogens is 2. The lowest BCUT2D eigenvalue weighted by atomic mass is 10.1. The third kappa shape index (κ3) is 6.24. The molecule has 0 saturated carbocycles. The third-order valence-electron chi connectivity index (χ3n) is 5.60. The highest BCUT2D eigenvalue weighted by Gasteiger charge is 2.42. The van der Waals surface area contributed by atoms with Gasteiger partial charge in [0.1, 0.15) is 11.1 Å². The highest BCUT2D eigenvalue weighted by Crippen LogP contribution is 2.28. The Labute approximate surface area is 212 Å². The summed E-state index contributed by atoms with van der Waals surface area (Å²) >= 11 is 0. The summed E-state index contributed by atoms with van der Waals surface area (Å²) in [6.07, 6.45) is 13.3. The molecule has 2 aliphatic rings. The van der Waals surface area contributed by atoms with Crippen LogP contribution in [0.1, 0.15) is 45.1 Å². The van der Waals surface area contributed by atoms with E-state index in [4.69, 9.17) is 14.2 Å². The topological polar surface area (TPSA) is 143 Å². The molecule has 0 amide bonds. The van der Waals surface area contributed by atoms with Gasteiger partial charge in [-0.2, -0.15) is 0 Å². The van der Waals surface area contributed by atoms with Crippen molar-refractivity contribution in [2.45, 2.75) is 45.3 Å². The van der Waals surface area contributed by atoms with Crippen LogP contribution in [0, 0.1) is 0 Å². The van der Waals surface area contributed by atoms with Gasteiger partial charge in [-0.3, -0.25) is 14.2 Å². The summed E-state index contributed by atoms with van der Waals surface area (Å²) in [4.78, 5) is 61.7. The van der Waals surface area contributed by atoms with Gasteiger partial charge >= 0.3 is 23.6 Å². The van der Waals surface area contributed by atoms with Crippen LogP contribution in [0.3, 0.4) is 0 Å². The van der Waals surface area contributed by atoms with Gasteiger partial charge in [0.15, 0.2) is 0 Å². The number of rotatable bonds is 8. The Kier molecular flexibility index (Phi) is 8.49. The summed E-state index contributed by atoms with van der Waals surface area (Å²) in [5.41, 5.74) is -1.42. The molecule has 37 heavy (non-hydrogen) atoms. The molecule has 0 radical (unpaired) electrons. The van der Waals surface area contributed by atoms with Crippen LogP contribution in [0.4, 0.5) is 0 Å². The van der Waals surface area contributed by atoms with Crippen molar-refractivity contribution in [2.24, 2.45) is 7.05 Å². The quantitative estimate of drug-likeness (QED) is 0.240. The predicted octanol–water partition coefficient (Wildman–Crippen LogP) is 2.10. The minimum absolute atomic E-state index is 0.0531. The first-order valence-electron chi connectivity index (χ1n) is 11.7. The number of carbonyl (C=O) groups is 3. The Morgan fingerprint density at radius 1 is 1.14 bits per heavy atom. The molecule has 11 nitrogen and oxygen atoms in total. The van der Waals surface area contributed by atoms with Gasteiger partial charge in [0.05, 0.1) is 13.0 Å². The zero-order chi connectivity index (χ0) is 27.2. The average Bonchev–Trinajstić information content (AvgIpc) is 2.85. The Balaban J connectivity index is 1.75. The molecular weight excluding hydrogens is 484 g/mol. The number of hydrogen-bond acceptors (Lipinski definition) is 9. The number of aromatic hydroxyl groups is 1. The van der Waals surface area contributed by atoms with Gasteiger partial charge in [-0.25, -0.2) is 19.0 Å². The number of ether oxygens (including phenoxy) is 3. The van der Waals surface area contributed by atoms with Crippen LogP contribution in [-0.2, 0) is 35.6 Å². The normalized spacial score (nSPS) is 19.6. The molecule has 3 rings (SSSR count). The van der Waals surface area contributed by atoms with Crippen molar-refractivity contribution in [3.63, 3.8) is 0 Å². The SMILES string of the molecule is CCOC(=O)CCC1(C)OC(=O)C(=CC=CC=Cc2c(O)n(C)c(=O)n(C3=CCCC=C3)c2=O)C(=O)O1. The van der Waals surface area contributed by atoms with Gasteiger partial charge in [-0.1, -0.05) is 30.4 Å². The molecule has 0 spiro atoms. The van der Waals surface area contributed by atoms with Gasteiger partial charge in [0, 0.05) is 26.1 Å². The van der Waals surface area contributed by atoms with E-state index >= 15 is 0 Å². The Morgan fingerprint density at radius 2 is 1.84 bits per heavy atom. The molecule has 0 atom stereocenters. The van der Waals surface area contributed by atoms with E-state index in [1.807, 2.05) is 6.08 Å². The van der Waals surface area contributed by atoms with Crippen LogP contribution >= 0.6 is 0 Å². The maximum atomic E-state index is 12.9. The lowest BCUT2D eigenvalue weighted by Gasteiger charge is -2.33. The van der Waals surface area contributed by atoms with E-state index in [1.165, 1.54) is 44.4 Å². The van der Waals surface area contributed by atoms with Crippen molar-refractivity contribution in [3.05, 3.63) is 74.5 Å². The molecule has 1 aliphatic carbocycles. The van der Waals surface area contributed by atoms with Crippen LogP contribution in [-0.4, -0.2) is 44.5 Å². The van der Waals surface area contributed by atoms with Crippen molar-refractivity contribution in [3.8, 4) is 5.88 Å². The Hall–Kier alpha value is -4.41. The maximum absolute atomic E-state index is 12.9. The fourth-order valence-corrected chi connectivity index (χ4v) is 3.64. The molecule has 1 N–H and O–H groups in total. The van der Waals surface area contributed by atoms with E-state index in [-0.39, 0.29) is 30.6 Å². The van der Waals surface area contributed by atoms with Crippen LogP contribution < -0.4 is 11.2 Å². The summed E-state index contributed by atoms with van der Waals surface area (Å²) in [5.74, 6) is -4.43. The number of esters is 3. The molecule has 2 heterocycles. The zero-order valence-electron chi connectivity index (χ0n) is 20.8. The van der Waals surface area contributed by atoms with Crippen molar-refractivity contribution in [1.82, 2.24) is 9.13 Å². The second kappa shape index (κ2) is 11.5. The summed E-state index contributed by atoms with van der Waals surface area (Å²) in [6.45, 7) is 3.24. The van der Waals surface area contributed by atoms with Crippen molar-refractivity contribution < 1.29 is 33.7 Å². The molecular formula is C26H28N2O9. The lowest BCUT2D eigenvalue weighted by molar-refractivity contribution is -0.231. The predicted molar refractivity (Wildman–Crippen MR) is 133 cm³/mol. The van der Waals surface area contributed by atoms with Gasteiger partial charge < -0.3 is 19.3 Å². The molecule has 1 aromatic heterocycles. The molecule has 0 bridgehead atoms. The van der Waals surface area contributed by atoms with Crippen molar-refractivity contribution in [1.29, 1.82) is 0 Å². The number of carbonyl (C=O) groups excluding carboxylic acids is 3. The minimum atomic E-state index is -1.59. The summed E-state index contributed by atoms with van der Waals surface area (Å²) in [5, 5.41) is 10.3. The summed E-state index contributed by atoms with van der Waals surface area (Å²) in [6, 6.07) is 0. The smallest absolute Gasteiger partial charge is 0.348 e. The van der Waals surface area contributed by atoms with Crippen LogP contribution in [0.2, 0.25) is 0 Å². The largest absolute Gasteiger partial charge is 0.494 e. The third-order valence-corrected chi connectivity index (χ3v) is 5.60. The molecule has 1 fully saturated rings. The molecule has 196 valence electrons. The molecule has 1 saturated heterocycles. The maximum Gasteiger partial charge on any atom is 0.348 e. The minimum Gasteiger partial charge on any atom is -0.494 e. The molecule has 1 aromatic rings. The van der Waals surface area contributed by atoms with Gasteiger partial charge in [0.25, 0.3) is 11.3 Å². The van der Waals surface area contributed by atoms with E-state index < -0.39 is 40.8 Å². The number of allylic oxidation sites excluding steroid dienone is 8. The van der Waals surface area contributed by atoms with Crippen LogP contribution in [0.15, 0.2) is 57.7 Å². The van der Waals surface area contributed by atoms with E-state index in [0.717, 1.165) is 15.6 Å². The first kappa shape index (κ1) is 27.2. The summed E-state index contributed by atoms with van der Waals surface area (Å²) in [7, 11) is 1.35. The van der Waals surface area contributed by atoms with E-state index in [0.29, 0.717) is 12.1 Å². The Bertz CT molecular complexity index is 1350. The monoisotopic (exact) mass is 512 g/mol. The molecule has 0 unspecified atom stereocenters. The highest BCUT2D eigenvalue weighted by atomic mass is 16.7. The molecule has 11 heteroatoms.